The van der Waals surface area contributed by atoms with Crippen molar-refractivity contribution in [3.63, 3.8) is 0 Å². The summed E-state index contributed by atoms with van der Waals surface area (Å²) in [6.45, 7) is 3.34. The van der Waals surface area contributed by atoms with Crippen molar-refractivity contribution >= 4 is 17.1 Å². The van der Waals surface area contributed by atoms with E-state index >= 15 is 0 Å². The highest BCUT2D eigenvalue weighted by Gasteiger charge is 2.34. The van der Waals surface area contributed by atoms with E-state index < -0.39 is 0 Å². The molecule has 4 nitrogen and oxygen atoms in total. The molecule has 4 rings (SSSR count). The molecule has 1 aliphatic heterocycles. The van der Waals surface area contributed by atoms with Crippen LogP contribution in [0.3, 0.4) is 0 Å². The Morgan fingerprint density at radius 1 is 1.12 bits per heavy atom. The Kier molecular flexibility index (Phi) is 4.75. The van der Waals surface area contributed by atoms with E-state index in [0.29, 0.717) is 0 Å². The first kappa shape index (κ1) is 16.6. The summed E-state index contributed by atoms with van der Waals surface area (Å²) in [6.07, 6.45) is 5.97. The minimum Gasteiger partial charge on any atom is -0.381 e. The van der Waals surface area contributed by atoms with Crippen LogP contribution >= 0.6 is 11.6 Å². The van der Waals surface area contributed by atoms with Crippen LogP contribution in [0.2, 0.25) is 5.02 Å². The average molecular weight is 356 g/mol. The molecule has 0 radical (unpaired) electrons. The maximum absolute atomic E-state index is 6.07. The molecule has 3 aromatic rings. The van der Waals surface area contributed by atoms with Crippen LogP contribution in [0, 0.1) is 0 Å². The van der Waals surface area contributed by atoms with Gasteiger partial charge in [0.25, 0.3) is 0 Å². The SMILES string of the molecule is Clc1ccc(C2(CNCc3cnn4ccccc34)CCOCC2)cc1. The van der Waals surface area contributed by atoms with Crippen LogP contribution in [0.4, 0.5) is 0 Å². The van der Waals surface area contributed by atoms with Gasteiger partial charge in [0.15, 0.2) is 0 Å². The fraction of sp³-hybridized carbons (Fsp3) is 0.350. The minimum absolute atomic E-state index is 0.103. The van der Waals surface area contributed by atoms with Crippen molar-refractivity contribution < 1.29 is 4.74 Å². The van der Waals surface area contributed by atoms with E-state index in [-0.39, 0.29) is 5.41 Å². The molecule has 0 amide bonds. The van der Waals surface area contributed by atoms with Crippen LogP contribution in [0.1, 0.15) is 24.0 Å². The van der Waals surface area contributed by atoms with Gasteiger partial charge < -0.3 is 10.1 Å². The molecule has 1 N–H and O–H groups in total. The number of hydrogen-bond acceptors (Lipinski definition) is 3. The Balaban J connectivity index is 1.50. The van der Waals surface area contributed by atoms with Crippen LogP contribution in [0.15, 0.2) is 54.9 Å². The third-order valence-corrected chi connectivity index (χ3v) is 5.44. The molecular weight excluding hydrogens is 334 g/mol. The Hall–Kier alpha value is -1.88. The van der Waals surface area contributed by atoms with E-state index in [0.717, 1.165) is 49.7 Å². The monoisotopic (exact) mass is 355 g/mol. The topological polar surface area (TPSA) is 38.6 Å². The van der Waals surface area contributed by atoms with Crippen LogP contribution < -0.4 is 5.32 Å². The number of hydrogen-bond donors (Lipinski definition) is 1. The maximum atomic E-state index is 6.07. The van der Waals surface area contributed by atoms with Gasteiger partial charge in [0.05, 0.1) is 11.7 Å². The van der Waals surface area contributed by atoms with Crippen LogP contribution in [0.5, 0.6) is 0 Å². The van der Waals surface area contributed by atoms with E-state index in [1.165, 1.54) is 11.1 Å². The van der Waals surface area contributed by atoms with Gasteiger partial charge in [0, 0.05) is 48.5 Å². The van der Waals surface area contributed by atoms with Gasteiger partial charge in [-0.05, 0) is 42.7 Å². The van der Waals surface area contributed by atoms with E-state index in [4.69, 9.17) is 16.3 Å². The number of fused-ring (bicyclic) bond motifs is 1. The second kappa shape index (κ2) is 7.16. The summed E-state index contributed by atoms with van der Waals surface area (Å²) >= 11 is 6.07. The second-order valence-corrected chi connectivity index (χ2v) is 7.14. The van der Waals surface area contributed by atoms with Gasteiger partial charge >= 0.3 is 0 Å². The van der Waals surface area contributed by atoms with Gasteiger partial charge in [-0.25, -0.2) is 4.52 Å². The molecule has 0 unspecified atom stereocenters. The van der Waals surface area contributed by atoms with E-state index in [1.54, 1.807) is 0 Å². The lowest BCUT2D eigenvalue weighted by Crippen LogP contribution is -2.42. The van der Waals surface area contributed by atoms with Gasteiger partial charge in [-0.15, -0.1) is 0 Å². The predicted molar refractivity (Wildman–Crippen MR) is 100 cm³/mol. The zero-order valence-electron chi connectivity index (χ0n) is 14.1. The van der Waals surface area contributed by atoms with Crippen molar-refractivity contribution in [2.45, 2.75) is 24.8 Å². The van der Waals surface area contributed by atoms with Crippen molar-refractivity contribution in [2.75, 3.05) is 19.8 Å². The van der Waals surface area contributed by atoms with E-state index in [1.807, 2.05) is 41.2 Å². The minimum atomic E-state index is 0.103. The van der Waals surface area contributed by atoms with Crippen molar-refractivity contribution in [1.82, 2.24) is 14.9 Å². The highest BCUT2D eigenvalue weighted by Crippen LogP contribution is 2.35. The molecule has 5 heteroatoms. The number of nitrogens with one attached hydrogen (secondary N) is 1. The lowest BCUT2D eigenvalue weighted by atomic mass is 9.74. The Morgan fingerprint density at radius 2 is 1.92 bits per heavy atom. The summed E-state index contributed by atoms with van der Waals surface area (Å²) in [6, 6.07) is 14.4. The lowest BCUT2D eigenvalue weighted by molar-refractivity contribution is 0.0498. The first-order valence-corrected chi connectivity index (χ1v) is 9.10. The average Bonchev–Trinajstić information content (AvgIpc) is 3.06. The number of ether oxygens (including phenoxy) is 1. The molecule has 2 aromatic heterocycles. The third-order valence-electron chi connectivity index (χ3n) is 5.19. The normalized spacial score (nSPS) is 17.0. The summed E-state index contributed by atoms with van der Waals surface area (Å²) in [5.41, 5.74) is 3.82. The van der Waals surface area contributed by atoms with Crippen LogP contribution in [-0.4, -0.2) is 29.4 Å². The summed E-state index contributed by atoms with van der Waals surface area (Å²) in [7, 11) is 0. The number of nitrogens with zero attached hydrogens (tertiary/aromatic N) is 2. The highest BCUT2D eigenvalue weighted by atomic mass is 35.5. The number of rotatable bonds is 5. The van der Waals surface area contributed by atoms with Gasteiger partial charge in [-0.1, -0.05) is 29.8 Å². The van der Waals surface area contributed by atoms with E-state index in [2.05, 4.69) is 28.6 Å². The summed E-state index contributed by atoms with van der Waals surface area (Å²) < 4.78 is 7.53. The van der Waals surface area contributed by atoms with E-state index in [9.17, 15) is 0 Å². The quantitative estimate of drug-likeness (QED) is 0.756. The Morgan fingerprint density at radius 3 is 2.72 bits per heavy atom. The van der Waals surface area contributed by atoms with Crippen LogP contribution in [0.25, 0.3) is 5.52 Å². The maximum Gasteiger partial charge on any atom is 0.0706 e. The number of halogens is 1. The molecule has 0 spiro atoms. The molecule has 1 fully saturated rings. The molecule has 25 heavy (non-hydrogen) atoms. The number of benzene rings is 1. The van der Waals surface area contributed by atoms with Crippen LogP contribution in [-0.2, 0) is 16.7 Å². The molecule has 0 bridgehead atoms. The molecular formula is C20H22ClN3O. The Bertz CT molecular complexity index is 838. The third kappa shape index (κ3) is 3.43. The fourth-order valence-electron chi connectivity index (χ4n) is 3.69. The van der Waals surface area contributed by atoms with Crippen molar-refractivity contribution in [2.24, 2.45) is 0 Å². The molecule has 1 aliphatic rings. The smallest absolute Gasteiger partial charge is 0.0706 e. The first-order chi connectivity index (χ1) is 12.3. The molecule has 1 saturated heterocycles. The van der Waals surface area contributed by atoms with Gasteiger partial charge in [-0.2, -0.15) is 5.10 Å². The van der Waals surface area contributed by atoms with Gasteiger partial charge in [-0.3, -0.25) is 0 Å². The molecule has 0 saturated carbocycles. The van der Waals surface area contributed by atoms with Crippen molar-refractivity contribution in [3.8, 4) is 0 Å². The second-order valence-electron chi connectivity index (χ2n) is 6.70. The Labute approximate surface area is 152 Å². The van der Waals surface area contributed by atoms with Gasteiger partial charge in [0.2, 0.25) is 0 Å². The molecule has 1 aromatic carbocycles. The molecule has 3 heterocycles. The molecule has 130 valence electrons. The van der Waals surface area contributed by atoms with Crippen molar-refractivity contribution in [3.05, 3.63) is 71.0 Å². The zero-order valence-corrected chi connectivity index (χ0v) is 14.9. The first-order valence-electron chi connectivity index (χ1n) is 8.73. The number of pyridine rings is 1. The molecule has 0 aliphatic carbocycles. The standard InChI is InChI=1S/C20H22ClN3O/c21-18-6-4-17(5-7-18)20(8-11-25-12-9-20)15-22-13-16-14-23-24-10-2-1-3-19(16)24/h1-7,10,14,22H,8-9,11-13,15H2. The number of aromatic nitrogens is 2. The lowest BCUT2D eigenvalue weighted by Gasteiger charge is -2.38. The highest BCUT2D eigenvalue weighted by molar-refractivity contribution is 6.30. The van der Waals surface area contributed by atoms with Gasteiger partial charge in [0.1, 0.15) is 0 Å². The predicted octanol–water partition coefficient (Wildman–Crippen LogP) is 3.83. The summed E-state index contributed by atoms with van der Waals surface area (Å²) in [5.74, 6) is 0. The van der Waals surface area contributed by atoms with Crippen molar-refractivity contribution in [1.29, 1.82) is 0 Å². The fourth-order valence-corrected chi connectivity index (χ4v) is 3.82. The molecule has 0 atom stereocenters. The largest absolute Gasteiger partial charge is 0.381 e. The zero-order chi connectivity index (χ0) is 17.1. The summed E-state index contributed by atoms with van der Waals surface area (Å²) in [5, 5.41) is 8.86. The summed E-state index contributed by atoms with van der Waals surface area (Å²) in [4.78, 5) is 0.